The van der Waals surface area contributed by atoms with E-state index in [1.54, 1.807) is 4.57 Å². The first-order chi connectivity index (χ1) is 9.10. The van der Waals surface area contributed by atoms with Crippen molar-refractivity contribution in [2.75, 3.05) is 12.3 Å². The quantitative estimate of drug-likeness (QED) is 0.510. The van der Waals surface area contributed by atoms with Crippen molar-refractivity contribution in [2.45, 2.75) is 24.9 Å². The van der Waals surface area contributed by atoms with E-state index in [-0.39, 0.29) is 12.4 Å². The lowest BCUT2D eigenvalue weighted by molar-refractivity contribution is -0.0432. The average Bonchev–Trinajstić information content (AvgIpc) is 2.92. The molecule has 0 aliphatic carbocycles. The molecule has 5 N–H and O–H groups in total. The summed E-state index contributed by atoms with van der Waals surface area (Å²) in [7, 11) is 0. The van der Waals surface area contributed by atoms with Crippen molar-refractivity contribution in [3.05, 3.63) is 16.8 Å². The van der Waals surface area contributed by atoms with Gasteiger partial charge in [-0.25, -0.2) is 9.78 Å². The van der Waals surface area contributed by atoms with E-state index >= 15 is 0 Å². The molecule has 2 aromatic rings. The maximum Gasteiger partial charge on any atom is 0.348 e. The summed E-state index contributed by atoms with van der Waals surface area (Å²) in [6.07, 6.45) is -0.183. The third-order valence-corrected chi connectivity index (χ3v) is 3.18. The van der Waals surface area contributed by atoms with Crippen molar-refractivity contribution in [3.63, 3.8) is 0 Å². The zero-order valence-electron chi connectivity index (χ0n) is 9.85. The number of H-pyrrole nitrogens is 1. The monoisotopic (exact) mass is 267 g/mol. The second kappa shape index (κ2) is 4.30. The van der Waals surface area contributed by atoms with Gasteiger partial charge in [0.15, 0.2) is 5.82 Å². The van der Waals surface area contributed by atoms with Crippen LogP contribution in [-0.2, 0) is 4.74 Å². The number of aromatic nitrogens is 4. The van der Waals surface area contributed by atoms with Gasteiger partial charge in [-0.1, -0.05) is 0 Å². The molecule has 0 bridgehead atoms. The smallest absolute Gasteiger partial charge is 0.348 e. The van der Waals surface area contributed by atoms with E-state index in [0.717, 1.165) is 0 Å². The number of nitrogen functional groups attached to an aromatic ring is 1. The average molecular weight is 267 g/mol. The number of aromatic amines is 1. The maximum atomic E-state index is 11.3. The second-order valence-electron chi connectivity index (χ2n) is 4.39. The third-order valence-electron chi connectivity index (χ3n) is 3.18. The van der Waals surface area contributed by atoms with E-state index in [1.165, 1.54) is 6.33 Å². The lowest BCUT2D eigenvalue weighted by Gasteiger charge is -2.13. The Balaban J connectivity index is 2.05. The van der Waals surface area contributed by atoms with Crippen molar-refractivity contribution in [2.24, 2.45) is 0 Å². The molecule has 1 aliphatic heterocycles. The fourth-order valence-corrected chi connectivity index (χ4v) is 2.23. The van der Waals surface area contributed by atoms with Gasteiger partial charge < -0.3 is 20.7 Å². The van der Waals surface area contributed by atoms with Gasteiger partial charge in [0.1, 0.15) is 23.5 Å². The number of rotatable bonds is 2. The van der Waals surface area contributed by atoms with E-state index in [0.29, 0.717) is 17.6 Å². The first-order valence-electron chi connectivity index (χ1n) is 5.77. The molecule has 0 amide bonds. The van der Waals surface area contributed by atoms with Gasteiger partial charge in [-0.2, -0.15) is 4.98 Å². The van der Waals surface area contributed by atoms with E-state index in [2.05, 4.69) is 15.0 Å². The fraction of sp³-hybridized carbons (Fsp3) is 0.500. The SMILES string of the molecule is Nc1nc(=O)[nH]c2c1ncn2[C@H]1C[C@@H](O)[C@@H](CO)O1. The van der Waals surface area contributed by atoms with E-state index in [9.17, 15) is 9.90 Å². The molecule has 3 atom stereocenters. The second-order valence-corrected chi connectivity index (χ2v) is 4.39. The molecule has 0 radical (unpaired) electrons. The zero-order valence-corrected chi connectivity index (χ0v) is 9.85. The Morgan fingerprint density at radius 3 is 3.11 bits per heavy atom. The summed E-state index contributed by atoms with van der Waals surface area (Å²) in [6.45, 7) is -0.273. The minimum atomic E-state index is -0.765. The third kappa shape index (κ3) is 1.87. The molecule has 1 saturated heterocycles. The number of imidazole rings is 1. The Kier molecular flexibility index (Phi) is 2.73. The van der Waals surface area contributed by atoms with Crippen molar-refractivity contribution < 1.29 is 14.9 Å². The molecule has 9 heteroatoms. The van der Waals surface area contributed by atoms with Gasteiger partial charge in [0, 0.05) is 6.42 Å². The Labute approximate surface area is 106 Å². The van der Waals surface area contributed by atoms with Gasteiger partial charge in [-0.05, 0) is 0 Å². The van der Waals surface area contributed by atoms with E-state index < -0.39 is 24.1 Å². The number of nitrogens with zero attached hydrogens (tertiary/aromatic N) is 3. The summed E-state index contributed by atoms with van der Waals surface area (Å²) in [6, 6.07) is 0. The number of nitrogens with one attached hydrogen (secondary N) is 1. The van der Waals surface area contributed by atoms with Crippen LogP contribution in [0, 0.1) is 0 Å². The predicted molar refractivity (Wildman–Crippen MR) is 64.2 cm³/mol. The van der Waals surface area contributed by atoms with Gasteiger partial charge in [0.2, 0.25) is 0 Å². The van der Waals surface area contributed by atoms with E-state index in [4.69, 9.17) is 15.6 Å². The van der Waals surface area contributed by atoms with Gasteiger partial charge in [-0.3, -0.25) is 9.55 Å². The summed E-state index contributed by atoms with van der Waals surface area (Å²) in [4.78, 5) is 21.5. The molecule has 0 saturated carbocycles. The topological polar surface area (TPSA) is 139 Å². The molecule has 1 fully saturated rings. The Hall–Kier alpha value is -1.97. The van der Waals surface area contributed by atoms with Crippen LogP contribution in [0.3, 0.4) is 0 Å². The molecule has 1 aliphatic rings. The van der Waals surface area contributed by atoms with Gasteiger partial charge >= 0.3 is 5.69 Å². The molecule has 3 heterocycles. The zero-order chi connectivity index (χ0) is 13.6. The predicted octanol–water partition coefficient (Wildman–Crippen LogP) is -1.66. The first-order valence-corrected chi connectivity index (χ1v) is 5.77. The van der Waals surface area contributed by atoms with Crippen LogP contribution in [0.4, 0.5) is 5.82 Å². The van der Waals surface area contributed by atoms with Crippen molar-refractivity contribution in [1.82, 2.24) is 19.5 Å². The number of hydrogen-bond acceptors (Lipinski definition) is 7. The van der Waals surface area contributed by atoms with Crippen LogP contribution in [0.2, 0.25) is 0 Å². The molecular formula is C10H13N5O4. The van der Waals surface area contributed by atoms with Gasteiger partial charge in [-0.15, -0.1) is 0 Å². The largest absolute Gasteiger partial charge is 0.394 e. The van der Waals surface area contributed by atoms with Crippen LogP contribution in [0.1, 0.15) is 12.6 Å². The minimum Gasteiger partial charge on any atom is -0.394 e. The maximum absolute atomic E-state index is 11.3. The van der Waals surface area contributed by atoms with Crippen LogP contribution >= 0.6 is 0 Å². The van der Waals surface area contributed by atoms with Gasteiger partial charge in [0.05, 0.1) is 19.0 Å². The number of hydrogen-bond donors (Lipinski definition) is 4. The number of aliphatic hydroxyl groups excluding tert-OH is 2. The van der Waals surface area contributed by atoms with Crippen molar-refractivity contribution >= 4 is 17.0 Å². The van der Waals surface area contributed by atoms with Crippen LogP contribution in [0.25, 0.3) is 11.2 Å². The van der Waals surface area contributed by atoms with Crippen LogP contribution in [-0.4, -0.2) is 48.5 Å². The highest BCUT2D eigenvalue weighted by Crippen LogP contribution is 2.30. The highest BCUT2D eigenvalue weighted by molar-refractivity contribution is 5.81. The van der Waals surface area contributed by atoms with Gasteiger partial charge in [0.25, 0.3) is 0 Å². The molecule has 9 nitrogen and oxygen atoms in total. The number of anilines is 1. The molecule has 0 aromatic carbocycles. The number of ether oxygens (including phenoxy) is 1. The Morgan fingerprint density at radius 2 is 2.42 bits per heavy atom. The minimum absolute atomic E-state index is 0.0368. The molecule has 3 rings (SSSR count). The van der Waals surface area contributed by atoms with Crippen LogP contribution in [0.15, 0.2) is 11.1 Å². The van der Waals surface area contributed by atoms with Crippen LogP contribution in [0.5, 0.6) is 0 Å². The van der Waals surface area contributed by atoms with Crippen molar-refractivity contribution in [1.29, 1.82) is 0 Å². The Morgan fingerprint density at radius 1 is 1.63 bits per heavy atom. The summed E-state index contributed by atoms with van der Waals surface area (Å²) >= 11 is 0. The normalized spacial score (nSPS) is 27.2. The molecule has 2 aromatic heterocycles. The molecular weight excluding hydrogens is 254 g/mol. The molecule has 0 spiro atoms. The molecule has 19 heavy (non-hydrogen) atoms. The standard InChI is InChI=1S/C10H13N5O4/c11-8-7-9(14-10(18)13-8)15(3-12-7)6-1-4(17)5(2-16)19-6/h3-6,16-17H,1-2H2,(H3,11,13,14,18)/t4-,5-,6-/m1/s1. The summed E-state index contributed by atoms with van der Waals surface area (Å²) in [5.74, 6) is 0.0368. The highest BCUT2D eigenvalue weighted by Gasteiger charge is 2.35. The van der Waals surface area contributed by atoms with Crippen LogP contribution < -0.4 is 11.4 Å². The van der Waals surface area contributed by atoms with E-state index in [1.807, 2.05) is 0 Å². The highest BCUT2D eigenvalue weighted by atomic mass is 16.5. The summed E-state index contributed by atoms with van der Waals surface area (Å²) < 4.78 is 7.06. The van der Waals surface area contributed by atoms with Crippen molar-refractivity contribution in [3.8, 4) is 0 Å². The molecule has 0 unspecified atom stereocenters. The lowest BCUT2D eigenvalue weighted by Crippen LogP contribution is -2.24. The Bertz CT molecular complexity index is 665. The lowest BCUT2D eigenvalue weighted by atomic mass is 10.2. The fourth-order valence-electron chi connectivity index (χ4n) is 2.23. The summed E-state index contributed by atoms with van der Waals surface area (Å²) in [5, 5.41) is 18.8. The number of aliphatic hydroxyl groups is 2. The first kappa shape index (κ1) is 12.1. The summed E-state index contributed by atoms with van der Waals surface area (Å²) in [5.41, 5.74) is 5.78. The number of nitrogens with two attached hydrogens (primary N) is 1. The number of fused-ring (bicyclic) bond motifs is 1. The molecule has 102 valence electrons.